The predicted molar refractivity (Wildman–Crippen MR) is 121 cm³/mol. The fraction of sp³-hybridized carbons (Fsp3) is 0.300. The molecule has 0 bridgehead atoms. The van der Waals surface area contributed by atoms with Crippen LogP contribution in [0.15, 0.2) is 46.9 Å². The van der Waals surface area contributed by atoms with Crippen LogP contribution in [0.2, 0.25) is 0 Å². The minimum absolute atomic E-state index is 0.0464. The summed E-state index contributed by atoms with van der Waals surface area (Å²) >= 11 is 4.70. The van der Waals surface area contributed by atoms with Crippen LogP contribution in [0.3, 0.4) is 0 Å². The van der Waals surface area contributed by atoms with E-state index >= 15 is 0 Å². The van der Waals surface area contributed by atoms with Crippen LogP contribution in [0.4, 0.5) is 0 Å². The molecular formula is C20H21N5OS3. The van der Waals surface area contributed by atoms with E-state index in [9.17, 15) is 4.79 Å². The van der Waals surface area contributed by atoms with E-state index in [4.69, 9.17) is 0 Å². The van der Waals surface area contributed by atoms with Gasteiger partial charge in [0.1, 0.15) is 5.01 Å². The SMILES string of the molecule is CCn1c(SCC(=O)N(C)C(C)c2nc3ccccc3s2)nnc1-c1cccs1. The quantitative estimate of drug-likeness (QED) is 0.378. The first kappa shape index (κ1) is 20.1. The highest BCUT2D eigenvalue weighted by molar-refractivity contribution is 7.99. The molecule has 0 aliphatic rings. The van der Waals surface area contributed by atoms with E-state index in [1.54, 1.807) is 27.6 Å². The van der Waals surface area contributed by atoms with Crippen molar-refractivity contribution in [2.24, 2.45) is 0 Å². The van der Waals surface area contributed by atoms with Crippen LogP contribution < -0.4 is 0 Å². The molecule has 0 saturated carbocycles. The van der Waals surface area contributed by atoms with E-state index < -0.39 is 0 Å². The van der Waals surface area contributed by atoms with Crippen molar-refractivity contribution >= 4 is 50.6 Å². The number of hydrogen-bond acceptors (Lipinski definition) is 7. The maximum absolute atomic E-state index is 12.8. The molecule has 6 nitrogen and oxygen atoms in total. The first-order valence-electron chi connectivity index (χ1n) is 9.29. The van der Waals surface area contributed by atoms with E-state index in [0.717, 1.165) is 37.6 Å². The monoisotopic (exact) mass is 443 g/mol. The Bertz CT molecular complexity index is 1090. The molecule has 4 aromatic rings. The third-order valence-electron chi connectivity index (χ3n) is 4.74. The number of hydrogen-bond donors (Lipinski definition) is 0. The van der Waals surface area contributed by atoms with Gasteiger partial charge in [0, 0.05) is 13.6 Å². The second-order valence-corrected chi connectivity index (χ2v) is 9.47. The average Bonchev–Trinajstić information content (AvgIpc) is 3.48. The van der Waals surface area contributed by atoms with Gasteiger partial charge in [-0.2, -0.15) is 0 Å². The molecule has 150 valence electrons. The molecule has 0 aliphatic carbocycles. The van der Waals surface area contributed by atoms with Crippen LogP contribution in [0.25, 0.3) is 20.9 Å². The predicted octanol–water partition coefficient (Wildman–Crippen LogP) is 4.95. The Morgan fingerprint density at radius 3 is 2.79 bits per heavy atom. The van der Waals surface area contributed by atoms with Gasteiger partial charge >= 0.3 is 0 Å². The minimum atomic E-state index is -0.0776. The van der Waals surface area contributed by atoms with E-state index in [1.807, 2.05) is 49.7 Å². The fourth-order valence-electron chi connectivity index (χ4n) is 2.95. The molecule has 1 unspecified atom stereocenters. The molecule has 0 fully saturated rings. The summed E-state index contributed by atoms with van der Waals surface area (Å²) in [6.07, 6.45) is 0. The van der Waals surface area contributed by atoms with Crippen molar-refractivity contribution in [3.8, 4) is 10.7 Å². The molecule has 0 radical (unpaired) electrons. The maximum Gasteiger partial charge on any atom is 0.233 e. The smallest absolute Gasteiger partial charge is 0.233 e. The normalized spacial score (nSPS) is 12.4. The molecule has 1 atom stereocenters. The zero-order chi connectivity index (χ0) is 20.4. The summed E-state index contributed by atoms with van der Waals surface area (Å²) in [5.41, 5.74) is 0.978. The zero-order valence-corrected chi connectivity index (χ0v) is 18.9. The zero-order valence-electron chi connectivity index (χ0n) is 16.4. The third-order valence-corrected chi connectivity index (χ3v) is 7.77. The molecule has 0 N–H and O–H groups in total. The molecule has 1 amide bonds. The number of benzene rings is 1. The second-order valence-electron chi connectivity index (χ2n) is 6.52. The van der Waals surface area contributed by atoms with Gasteiger partial charge in [-0.25, -0.2) is 4.98 Å². The van der Waals surface area contributed by atoms with E-state index in [-0.39, 0.29) is 11.9 Å². The fourth-order valence-corrected chi connectivity index (χ4v) is 5.65. The van der Waals surface area contributed by atoms with Gasteiger partial charge in [0.2, 0.25) is 5.91 Å². The summed E-state index contributed by atoms with van der Waals surface area (Å²) in [6.45, 7) is 4.84. The molecular weight excluding hydrogens is 422 g/mol. The van der Waals surface area contributed by atoms with E-state index in [0.29, 0.717) is 5.75 Å². The molecule has 9 heteroatoms. The number of thiazole rings is 1. The number of nitrogens with zero attached hydrogens (tertiary/aromatic N) is 5. The molecule has 0 spiro atoms. The molecule has 4 rings (SSSR count). The summed E-state index contributed by atoms with van der Waals surface area (Å²) in [5, 5.41) is 12.4. The second kappa shape index (κ2) is 8.64. The summed E-state index contributed by atoms with van der Waals surface area (Å²) < 4.78 is 3.20. The molecule has 3 aromatic heterocycles. The molecule has 1 aromatic carbocycles. The lowest BCUT2D eigenvalue weighted by molar-refractivity contribution is -0.128. The van der Waals surface area contributed by atoms with E-state index in [2.05, 4.69) is 32.7 Å². The highest BCUT2D eigenvalue weighted by Crippen LogP contribution is 2.30. The lowest BCUT2D eigenvalue weighted by Crippen LogP contribution is -2.31. The lowest BCUT2D eigenvalue weighted by atomic mass is 10.3. The average molecular weight is 444 g/mol. The van der Waals surface area contributed by atoms with E-state index in [1.165, 1.54) is 11.8 Å². The first-order valence-corrected chi connectivity index (χ1v) is 12.0. The Kier molecular flexibility index (Phi) is 5.98. The van der Waals surface area contributed by atoms with Crippen molar-refractivity contribution in [1.29, 1.82) is 0 Å². The number of para-hydroxylation sites is 1. The minimum Gasteiger partial charge on any atom is -0.336 e. The highest BCUT2D eigenvalue weighted by atomic mass is 32.2. The number of rotatable bonds is 7. The number of fused-ring (bicyclic) bond motifs is 1. The Morgan fingerprint density at radius 1 is 1.24 bits per heavy atom. The summed E-state index contributed by atoms with van der Waals surface area (Å²) in [5.74, 6) is 1.22. The van der Waals surface area contributed by atoms with Crippen LogP contribution in [0.5, 0.6) is 0 Å². The van der Waals surface area contributed by atoms with Crippen molar-refractivity contribution in [3.05, 3.63) is 46.8 Å². The summed E-state index contributed by atoms with van der Waals surface area (Å²) in [7, 11) is 1.83. The lowest BCUT2D eigenvalue weighted by Gasteiger charge is -2.23. The Hall–Kier alpha value is -2.23. The Labute approximate surface area is 181 Å². The standard InChI is InChI=1S/C20H21N5OS3/c1-4-25-18(16-10-7-11-27-16)22-23-20(25)28-12-17(26)24(3)13(2)19-21-14-8-5-6-9-15(14)29-19/h5-11,13H,4,12H2,1-3H3. The largest absolute Gasteiger partial charge is 0.336 e. The van der Waals surface area contributed by atoms with Gasteiger partial charge in [0.05, 0.1) is 26.9 Å². The van der Waals surface area contributed by atoms with Crippen LogP contribution in [0, 0.1) is 0 Å². The third kappa shape index (κ3) is 4.08. The number of carbonyl (C=O) groups is 1. The number of carbonyl (C=O) groups excluding carboxylic acids is 1. The van der Waals surface area contributed by atoms with Crippen molar-refractivity contribution in [2.45, 2.75) is 31.6 Å². The van der Waals surface area contributed by atoms with Gasteiger partial charge in [0.25, 0.3) is 0 Å². The molecule has 0 saturated heterocycles. The van der Waals surface area contributed by atoms with Crippen LogP contribution in [0.1, 0.15) is 24.9 Å². The van der Waals surface area contributed by atoms with Gasteiger partial charge in [-0.3, -0.25) is 4.79 Å². The topological polar surface area (TPSA) is 63.9 Å². The van der Waals surface area contributed by atoms with Gasteiger partial charge in [-0.1, -0.05) is 30.0 Å². The number of thioether (sulfide) groups is 1. The molecule has 3 heterocycles. The van der Waals surface area contributed by atoms with Gasteiger partial charge in [0.15, 0.2) is 11.0 Å². The van der Waals surface area contributed by atoms with Crippen LogP contribution in [-0.4, -0.2) is 43.4 Å². The summed E-state index contributed by atoms with van der Waals surface area (Å²) in [4.78, 5) is 20.3. The van der Waals surface area contributed by atoms with Crippen molar-refractivity contribution < 1.29 is 4.79 Å². The Morgan fingerprint density at radius 2 is 2.07 bits per heavy atom. The van der Waals surface area contributed by atoms with Crippen molar-refractivity contribution in [1.82, 2.24) is 24.6 Å². The Balaban J connectivity index is 1.44. The van der Waals surface area contributed by atoms with Crippen LogP contribution in [-0.2, 0) is 11.3 Å². The molecule has 0 aliphatic heterocycles. The maximum atomic E-state index is 12.8. The first-order chi connectivity index (χ1) is 14.1. The number of aromatic nitrogens is 4. The number of amides is 1. The van der Waals surface area contributed by atoms with Gasteiger partial charge < -0.3 is 9.47 Å². The number of thiophene rings is 1. The van der Waals surface area contributed by atoms with Crippen LogP contribution >= 0.6 is 34.4 Å². The summed E-state index contributed by atoms with van der Waals surface area (Å²) in [6, 6.07) is 12.0. The van der Waals surface area contributed by atoms with Gasteiger partial charge in [-0.05, 0) is 37.4 Å². The highest BCUT2D eigenvalue weighted by Gasteiger charge is 2.22. The van der Waals surface area contributed by atoms with Gasteiger partial charge in [-0.15, -0.1) is 32.9 Å². The molecule has 29 heavy (non-hydrogen) atoms. The van der Waals surface area contributed by atoms with Crippen molar-refractivity contribution in [2.75, 3.05) is 12.8 Å². The van der Waals surface area contributed by atoms with Crippen molar-refractivity contribution in [3.63, 3.8) is 0 Å².